The number of carbonyl (C=O) groups is 1. The van der Waals surface area contributed by atoms with Crippen LogP contribution in [0.5, 0.6) is 5.75 Å². The molecule has 17 heavy (non-hydrogen) atoms. The molecule has 1 amide bonds. The number of hydrogen-bond donors (Lipinski definition) is 2. The fraction of sp³-hybridized carbons (Fsp3) is 0.462. The Kier molecular flexibility index (Phi) is 5.49. The van der Waals surface area contributed by atoms with Crippen molar-refractivity contribution in [3.63, 3.8) is 0 Å². The molecular weight excluding hydrogens is 216 g/mol. The highest BCUT2D eigenvalue weighted by Crippen LogP contribution is 2.14. The molecule has 2 N–H and O–H groups in total. The number of ether oxygens (including phenoxy) is 1. The molecule has 0 heterocycles. The van der Waals surface area contributed by atoms with E-state index in [2.05, 4.69) is 24.5 Å². The summed E-state index contributed by atoms with van der Waals surface area (Å²) in [6.07, 6.45) is 0. The van der Waals surface area contributed by atoms with Crippen molar-refractivity contribution in [2.45, 2.75) is 13.8 Å². The molecule has 0 atom stereocenters. The van der Waals surface area contributed by atoms with Crippen LogP contribution in [0.3, 0.4) is 0 Å². The first-order chi connectivity index (χ1) is 8.11. The van der Waals surface area contributed by atoms with Crippen molar-refractivity contribution in [3.05, 3.63) is 24.3 Å². The average Bonchev–Trinajstić information content (AvgIpc) is 2.29. The van der Waals surface area contributed by atoms with Crippen molar-refractivity contribution < 1.29 is 9.53 Å². The highest BCUT2D eigenvalue weighted by molar-refractivity contribution is 5.92. The van der Waals surface area contributed by atoms with Crippen LogP contribution in [0.1, 0.15) is 13.8 Å². The molecule has 0 aliphatic heterocycles. The summed E-state index contributed by atoms with van der Waals surface area (Å²) in [6.45, 7) is 5.39. The minimum Gasteiger partial charge on any atom is -0.497 e. The van der Waals surface area contributed by atoms with Crippen LogP contribution in [0.15, 0.2) is 24.3 Å². The SMILES string of the molecule is COc1ccc(NC(=O)CNCC(C)C)cc1. The Morgan fingerprint density at radius 1 is 1.29 bits per heavy atom. The van der Waals surface area contributed by atoms with Gasteiger partial charge in [-0.3, -0.25) is 4.79 Å². The Labute approximate surface area is 102 Å². The number of hydrogen-bond acceptors (Lipinski definition) is 3. The topological polar surface area (TPSA) is 50.4 Å². The Hall–Kier alpha value is -1.55. The number of amides is 1. The predicted octanol–water partition coefficient (Wildman–Crippen LogP) is 1.88. The van der Waals surface area contributed by atoms with Gasteiger partial charge in [0.25, 0.3) is 0 Å². The first-order valence-electron chi connectivity index (χ1n) is 5.76. The molecule has 0 aliphatic carbocycles. The average molecular weight is 236 g/mol. The van der Waals surface area contributed by atoms with E-state index in [1.165, 1.54) is 0 Å². The van der Waals surface area contributed by atoms with E-state index in [0.29, 0.717) is 12.5 Å². The zero-order valence-electron chi connectivity index (χ0n) is 10.6. The lowest BCUT2D eigenvalue weighted by molar-refractivity contribution is -0.115. The van der Waals surface area contributed by atoms with Gasteiger partial charge in [-0.2, -0.15) is 0 Å². The maximum Gasteiger partial charge on any atom is 0.238 e. The third kappa shape index (κ3) is 5.36. The third-order valence-electron chi connectivity index (χ3n) is 2.21. The Balaban J connectivity index is 2.34. The van der Waals surface area contributed by atoms with Crippen LogP contribution in [0.2, 0.25) is 0 Å². The molecule has 4 nitrogen and oxygen atoms in total. The molecule has 0 radical (unpaired) electrons. The first-order valence-corrected chi connectivity index (χ1v) is 5.76. The van der Waals surface area contributed by atoms with E-state index < -0.39 is 0 Å². The Morgan fingerprint density at radius 3 is 2.47 bits per heavy atom. The lowest BCUT2D eigenvalue weighted by atomic mass is 10.2. The molecule has 0 bridgehead atoms. The van der Waals surface area contributed by atoms with Gasteiger partial charge in [-0.25, -0.2) is 0 Å². The molecule has 0 saturated heterocycles. The second kappa shape index (κ2) is 6.91. The maximum atomic E-state index is 11.5. The Bertz CT molecular complexity index is 347. The van der Waals surface area contributed by atoms with Crippen molar-refractivity contribution in [1.82, 2.24) is 5.32 Å². The van der Waals surface area contributed by atoms with Gasteiger partial charge in [-0.05, 0) is 36.7 Å². The van der Waals surface area contributed by atoms with Crippen LogP contribution in [0.4, 0.5) is 5.69 Å². The van der Waals surface area contributed by atoms with Crippen molar-refractivity contribution in [3.8, 4) is 5.75 Å². The number of anilines is 1. The van der Waals surface area contributed by atoms with Crippen molar-refractivity contribution in [1.29, 1.82) is 0 Å². The molecular formula is C13H20N2O2. The van der Waals surface area contributed by atoms with E-state index in [0.717, 1.165) is 18.0 Å². The van der Waals surface area contributed by atoms with Gasteiger partial charge in [0, 0.05) is 5.69 Å². The lowest BCUT2D eigenvalue weighted by Gasteiger charge is -2.08. The maximum absolute atomic E-state index is 11.5. The Morgan fingerprint density at radius 2 is 1.94 bits per heavy atom. The summed E-state index contributed by atoms with van der Waals surface area (Å²) in [5, 5.41) is 5.90. The predicted molar refractivity (Wildman–Crippen MR) is 69.3 cm³/mol. The molecule has 0 fully saturated rings. The number of nitrogens with one attached hydrogen (secondary N) is 2. The lowest BCUT2D eigenvalue weighted by Crippen LogP contribution is -2.30. The largest absolute Gasteiger partial charge is 0.497 e. The quantitative estimate of drug-likeness (QED) is 0.793. The van der Waals surface area contributed by atoms with Gasteiger partial charge in [-0.15, -0.1) is 0 Å². The molecule has 1 aromatic rings. The molecule has 0 saturated carbocycles. The summed E-state index contributed by atoms with van der Waals surface area (Å²) in [6, 6.07) is 7.27. The summed E-state index contributed by atoms with van der Waals surface area (Å²) in [4.78, 5) is 11.5. The minimum absolute atomic E-state index is 0.0317. The smallest absolute Gasteiger partial charge is 0.238 e. The van der Waals surface area contributed by atoms with Crippen molar-refractivity contribution in [2.75, 3.05) is 25.5 Å². The third-order valence-corrected chi connectivity index (χ3v) is 2.21. The summed E-state index contributed by atoms with van der Waals surface area (Å²) >= 11 is 0. The molecule has 0 unspecified atom stereocenters. The zero-order chi connectivity index (χ0) is 12.7. The highest BCUT2D eigenvalue weighted by Gasteiger charge is 2.02. The number of rotatable bonds is 6. The van der Waals surface area contributed by atoms with Gasteiger partial charge in [-0.1, -0.05) is 13.8 Å². The van der Waals surface area contributed by atoms with Crippen molar-refractivity contribution >= 4 is 11.6 Å². The van der Waals surface area contributed by atoms with Crippen LogP contribution in [-0.4, -0.2) is 26.1 Å². The number of methoxy groups -OCH3 is 1. The van der Waals surface area contributed by atoms with Gasteiger partial charge >= 0.3 is 0 Å². The summed E-state index contributed by atoms with van der Waals surface area (Å²) in [5.74, 6) is 1.29. The van der Waals surface area contributed by atoms with E-state index in [-0.39, 0.29) is 5.91 Å². The molecule has 0 spiro atoms. The standard InChI is InChI=1S/C13H20N2O2/c1-10(2)8-14-9-13(16)15-11-4-6-12(17-3)7-5-11/h4-7,10,14H,8-9H2,1-3H3,(H,15,16). The molecule has 94 valence electrons. The molecule has 0 aliphatic rings. The summed E-state index contributed by atoms with van der Waals surface area (Å²) in [7, 11) is 1.61. The van der Waals surface area contributed by atoms with Crippen LogP contribution >= 0.6 is 0 Å². The normalized spacial score (nSPS) is 10.4. The van der Waals surface area contributed by atoms with Crippen LogP contribution in [0, 0.1) is 5.92 Å². The number of benzene rings is 1. The minimum atomic E-state index is -0.0317. The monoisotopic (exact) mass is 236 g/mol. The first kappa shape index (κ1) is 13.5. The molecule has 1 rings (SSSR count). The highest BCUT2D eigenvalue weighted by atomic mass is 16.5. The van der Waals surface area contributed by atoms with E-state index >= 15 is 0 Å². The van der Waals surface area contributed by atoms with Gasteiger partial charge in [0.1, 0.15) is 5.75 Å². The van der Waals surface area contributed by atoms with Crippen molar-refractivity contribution in [2.24, 2.45) is 5.92 Å². The summed E-state index contributed by atoms with van der Waals surface area (Å²) < 4.78 is 5.04. The van der Waals surface area contributed by atoms with E-state index in [1.54, 1.807) is 7.11 Å². The molecule has 1 aromatic carbocycles. The van der Waals surface area contributed by atoms with Gasteiger partial charge in [0.15, 0.2) is 0 Å². The van der Waals surface area contributed by atoms with E-state index in [9.17, 15) is 4.79 Å². The fourth-order valence-corrected chi connectivity index (χ4v) is 1.35. The van der Waals surface area contributed by atoms with Crippen LogP contribution < -0.4 is 15.4 Å². The van der Waals surface area contributed by atoms with Gasteiger partial charge < -0.3 is 15.4 Å². The summed E-state index contributed by atoms with van der Waals surface area (Å²) in [5.41, 5.74) is 0.780. The van der Waals surface area contributed by atoms with Crippen LogP contribution in [0.25, 0.3) is 0 Å². The van der Waals surface area contributed by atoms with E-state index in [1.807, 2.05) is 24.3 Å². The second-order valence-electron chi connectivity index (χ2n) is 4.30. The zero-order valence-corrected chi connectivity index (χ0v) is 10.6. The second-order valence-corrected chi connectivity index (χ2v) is 4.30. The van der Waals surface area contributed by atoms with Gasteiger partial charge in [0.05, 0.1) is 13.7 Å². The van der Waals surface area contributed by atoms with Crippen LogP contribution in [-0.2, 0) is 4.79 Å². The fourth-order valence-electron chi connectivity index (χ4n) is 1.35. The molecule has 4 heteroatoms. The molecule has 0 aromatic heterocycles. The van der Waals surface area contributed by atoms with Gasteiger partial charge in [0.2, 0.25) is 5.91 Å². The number of carbonyl (C=O) groups excluding carboxylic acids is 1. The van der Waals surface area contributed by atoms with E-state index in [4.69, 9.17) is 4.74 Å².